The molecule has 1 heterocycles. The van der Waals surface area contributed by atoms with Crippen LogP contribution in [0.4, 0.5) is 0 Å². The Morgan fingerprint density at radius 1 is 1.28 bits per heavy atom. The monoisotopic (exact) mass is 254 g/mol. The van der Waals surface area contributed by atoms with E-state index in [1.807, 2.05) is 0 Å². The summed E-state index contributed by atoms with van der Waals surface area (Å²) >= 11 is 0. The number of hydrogen-bond donors (Lipinski definition) is 2. The first kappa shape index (κ1) is 14.3. The minimum absolute atomic E-state index is 0.136. The molecule has 2 N–H and O–H groups in total. The summed E-state index contributed by atoms with van der Waals surface area (Å²) in [6.07, 6.45) is 8.72. The summed E-state index contributed by atoms with van der Waals surface area (Å²) in [5.41, 5.74) is 0. The molecule has 2 fully saturated rings. The zero-order valence-electron chi connectivity index (χ0n) is 12.1. The number of piperidine rings is 1. The largest absolute Gasteiger partial charge is 0.392 e. The number of likely N-dealkylation sites (tertiary alicyclic amines) is 1. The Hall–Kier alpha value is -0.120. The van der Waals surface area contributed by atoms with Gasteiger partial charge < -0.3 is 15.3 Å². The maximum atomic E-state index is 10.1. The normalized spacial score (nSPS) is 32.8. The lowest BCUT2D eigenvalue weighted by Crippen LogP contribution is -2.47. The molecule has 0 aromatic heterocycles. The highest BCUT2D eigenvalue weighted by atomic mass is 16.3. The topological polar surface area (TPSA) is 35.5 Å². The molecule has 0 radical (unpaired) electrons. The van der Waals surface area contributed by atoms with E-state index in [1.165, 1.54) is 45.1 Å². The number of nitrogens with one attached hydrogen (secondary N) is 1. The van der Waals surface area contributed by atoms with Crippen LogP contribution in [-0.4, -0.2) is 48.3 Å². The van der Waals surface area contributed by atoms with Crippen molar-refractivity contribution in [3.63, 3.8) is 0 Å². The molecular weight excluding hydrogens is 224 g/mol. The number of nitrogens with zero attached hydrogens (tertiary/aromatic N) is 1. The van der Waals surface area contributed by atoms with Crippen molar-refractivity contribution in [1.82, 2.24) is 10.2 Å². The fraction of sp³-hybridized carbons (Fsp3) is 1.00. The van der Waals surface area contributed by atoms with Crippen molar-refractivity contribution in [2.45, 2.75) is 70.1 Å². The molecular formula is C15H30N2O. The van der Waals surface area contributed by atoms with Crippen LogP contribution < -0.4 is 5.32 Å². The summed E-state index contributed by atoms with van der Waals surface area (Å²) in [5, 5.41) is 13.7. The summed E-state index contributed by atoms with van der Waals surface area (Å²) in [6, 6.07) is 1.28. The van der Waals surface area contributed by atoms with Gasteiger partial charge in [-0.2, -0.15) is 0 Å². The Kier molecular flexibility index (Phi) is 5.46. The summed E-state index contributed by atoms with van der Waals surface area (Å²) < 4.78 is 0. The van der Waals surface area contributed by atoms with E-state index in [9.17, 15) is 5.11 Å². The van der Waals surface area contributed by atoms with Gasteiger partial charge in [-0.25, -0.2) is 0 Å². The summed E-state index contributed by atoms with van der Waals surface area (Å²) in [6.45, 7) is 4.26. The average Bonchev–Trinajstić information content (AvgIpc) is 2.83. The second kappa shape index (κ2) is 6.88. The third-order valence-electron chi connectivity index (χ3n) is 4.93. The minimum Gasteiger partial charge on any atom is -0.392 e. The molecule has 1 saturated heterocycles. The lowest BCUT2D eigenvalue weighted by atomic mass is 9.97. The summed E-state index contributed by atoms with van der Waals surface area (Å²) in [7, 11) is 2.20. The van der Waals surface area contributed by atoms with Gasteiger partial charge in [-0.1, -0.05) is 25.7 Å². The molecule has 0 spiro atoms. The van der Waals surface area contributed by atoms with Crippen LogP contribution in [0.25, 0.3) is 0 Å². The first-order valence-electron chi connectivity index (χ1n) is 7.77. The van der Waals surface area contributed by atoms with Gasteiger partial charge in [0.05, 0.1) is 6.10 Å². The van der Waals surface area contributed by atoms with Gasteiger partial charge in [0, 0.05) is 18.6 Å². The standard InChI is InChI=1S/C15H30N2O/c1-12-9-14(7-8-17(12)2)16-11-15(18)10-13-5-3-4-6-13/h12-16,18H,3-11H2,1-2H3. The van der Waals surface area contributed by atoms with E-state index in [2.05, 4.69) is 24.2 Å². The first-order chi connectivity index (χ1) is 8.65. The predicted molar refractivity (Wildman–Crippen MR) is 75.7 cm³/mol. The molecule has 3 atom stereocenters. The van der Waals surface area contributed by atoms with Crippen molar-refractivity contribution >= 4 is 0 Å². The maximum Gasteiger partial charge on any atom is 0.0667 e. The third-order valence-corrected chi connectivity index (χ3v) is 4.93. The summed E-state index contributed by atoms with van der Waals surface area (Å²) in [5.74, 6) is 0.790. The van der Waals surface area contributed by atoms with Gasteiger partial charge in [0.2, 0.25) is 0 Å². The second-order valence-corrected chi connectivity index (χ2v) is 6.50. The van der Waals surface area contributed by atoms with Gasteiger partial charge in [0.1, 0.15) is 0 Å². The first-order valence-corrected chi connectivity index (χ1v) is 7.77. The SMILES string of the molecule is CC1CC(NCC(O)CC2CCCC2)CCN1C. The molecule has 1 saturated carbocycles. The van der Waals surface area contributed by atoms with Crippen molar-refractivity contribution in [1.29, 1.82) is 0 Å². The number of aliphatic hydroxyl groups is 1. The Morgan fingerprint density at radius 3 is 2.67 bits per heavy atom. The van der Waals surface area contributed by atoms with Gasteiger partial charge >= 0.3 is 0 Å². The van der Waals surface area contributed by atoms with Gasteiger partial charge in [0.25, 0.3) is 0 Å². The van der Waals surface area contributed by atoms with E-state index in [0.717, 1.165) is 18.9 Å². The number of rotatable bonds is 5. The second-order valence-electron chi connectivity index (χ2n) is 6.50. The predicted octanol–water partition coefficient (Wildman–Crippen LogP) is 2.00. The van der Waals surface area contributed by atoms with E-state index in [4.69, 9.17) is 0 Å². The van der Waals surface area contributed by atoms with Gasteiger partial charge in [-0.05, 0) is 45.7 Å². The zero-order chi connectivity index (χ0) is 13.0. The van der Waals surface area contributed by atoms with Crippen LogP contribution in [0.1, 0.15) is 51.9 Å². The Morgan fingerprint density at radius 2 is 2.00 bits per heavy atom. The Labute approximate surface area is 112 Å². The lowest BCUT2D eigenvalue weighted by Gasteiger charge is -2.35. The van der Waals surface area contributed by atoms with Crippen molar-refractivity contribution < 1.29 is 5.11 Å². The van der Waals surface area contributed by atoms with Gasteiger partial charge in [-0.3, -0.25) is 0 Å². The minimum atomic E-state index is -0.136. The lowest BCUT2D eigenvalue weighted by molar-refractivity contribution is 0.120. The van der Waals surface area contributed by atoms with Crippen molar-refractivity contribution in [2.75, 3.05) is 20.1 Å². The van der Waals surface area contributed by atoms with E-state index >= 15 is 0 Å². The molecule has 2 aliphatic rings. The van der Waals surface area contributed by atoms with Crippen LogP contribution in [0.5, 0.6) is 0 Å². The van der Waals surface area contributed by atoms with Crippen LogP contribution >= 0.6 is 0 Å². The van der Waals surface area contributed by atoms with Crippen molar-refractivity contribution in [3.05, 3.63) is 0 Å². The Balaban J connectivity index is 1.61. The molecule has 0 amide bonds. The fourth-order valence-corrected chi connectivity index (χ4v) is 3.49. The van der Waals surface area contributed by atoms with Gasteiger partial charge in [0.15, 0.2) is 0 Å². The van der Waals surface area contributed by atoms with Crippen LogP contribution in [0.15, 0.2) is 0 Å². The Bertz CT molecular complexity index is 241. The van der Waals surface area contributed by atoms with Crippen LogP contribution in [0.3, 0.4) is 0 Å². The number of aliphatic hydroxyl groups excluding tert-OH is 1. The quantitative estimate of drug-likeness (QED) is 0.788. The third kappa shape index (κ3) is 4.22. The van der Waals surface area contributed by atoms with Crippen molar-refractivity contribution in [2.24, 2.45) is 5.92 Å². The van der Waals surface area contributed by atoms with Crippen LogP contribution in [0.2, 0.25) is 0 Å². The molecule has 1 aliphatic heterocycles. The molecule has 0 aromatic rings. The van der Waals surface area contributed by atoms with Crippen LogP contribution in [-0.2, 0) is 0 Å². The molecule has 0 bridgehead atoms. The summed E-state index contributed by atoms with van der Waals surface area (Å²) in [4.78, 5) is 2.42. The molecule has 3 heteroatoms. The van der Waals surface area contributed by atoms with Crippen molar-refractivity contribution in [3.8, 4) is 0 Å². The van der Waals surface area contributed by atoms with E-state index in [0.29, 0.717) is 12.1 Å². The zero-order valence-corrected chi connectivity index (χ0v) is 12.1. The van der Waals surface area contributed by atoms with E-state index in [-0.39, 0.29) is 6.10 Å². The highest BCUT2D eigenvalue weighted by molar-refractivity contribution is 4.82. The molecule has 1 aliphatic carbocycles. The highest BCUT2D eigenvalue weighted by Gasteiger charge is 2.24. The average molecular weight is 254 g/mol. The van der Waals surface area contributed by atoms with Crippen LogP contribution in [0, 0.1) is 5.92 Å². The smallest absolute Gasteiger partial charge is 0.0667 e. The fourth-order valence-electron chi connectivity index (χ4n) is 3.49. The molecule has 106 valence electrons. The molecule has 3 unspecified atom stereocenters. The van der Waals surface area contributed by atoms with E-state index in [1.54, 1.807) is 0 Å². The molecule has 0 aromatic carbocycles. The molecule has 18 heavy (non-hydrogen) atoms. The molecule has 2 rings (SSSR count). The molecule has 3 nitrogen and oxygen atoms in total. The number of hydrogen-bond acceptors (Lipinski definition) is 3. The van der Waals surface area contributed by atoms with Gasteiger partial charge in [-0.15, -0.1) is 0 Å². The maximum absolute atomic E-state index is 10.1. The highest BCUT2D eigenvalue weighted by Crippen LogP contribution is 2.28. The van der Waals surface area contributed by atoms with E-state index < -0.39 is 0 Å².